The van der Waals surface area contributed by atoms with Gasteiger partial charge in [-0.3, -0.25) is 20.4 Å². The second-order valence-corrected chi connectivity index (χ2v) is 5.12. The number of aryl methyl sites for hydroxylation is 1. The summed E-state index contributed by atoms with van der Waals surface area (Å²) in [7, 11) is 1.86. The van der Waals surface area contributed by atoms with E-state index in [-0.39, 0.29) is 18.2 Å². The summed E-state index contributed by atoms with van der Waals surface area (Å²) < 4.78 is 2.53. The number of nitrogens with zero attached hydrogens (tertiary/aromatic N) is 1. The third kappa shape index (κ3) is 3.48. The van der Waals surface area contributed by atoms with E-state index in [2.05, 4.69) is 26.8 Å². The molecule has 2 amide bonds. The number of aromatic nitrogens is 1. The number of halogens is 1. The summed E-state index contributed by atoms with van der Waals surface area (Å²) in [6, 6.07) is 10.7. The monoisotopic (exact) mass is 335 g/mol. The Morgan fingerprint density at radius 1 is 1.15 bits per heavy atom. The fourth-order valence-electron chi connectivity index (χ4n) is 1.73. The molecule has 6 heteroatoms. The molecule has 0 unspecified atom stereocenters. The zero-order valence-electron chi connectivity index (χ0n) is 10.9. The summed E-state index contributed by atoms with van der Waals surface area (Å²) in [4.78, 5) is 23.6. The number of carbonyl (C=O) groups excluding carboxylic acids is 2. The van der Waals surface area contributed by atoms with Gasteiger partial charge in [0.1, 0.15) is 0 Å². The van der Waals surface area contributed by atoms with Gasteiger partial charge in [0.2, 0.25) is 5.91 Å². The average Bonchev–Trinajstić information content (AvgIpc) is 2.82. The molecule has 0 saturated carbocycles. The van der Waals surface area contributed by atoms with Crippen LogP contribution in [0.15, 0.2) is 47.1 Å². The van der Waals surface area contributed by atoms with Crippen LogP contribution in [0.5, 0.6) is 0 Å². The van der Waals surface area contributed by atoms with Gasteiger partial charge in [0.05, 0.1) is 12.0 Å². The fraction of sp³-hybridized carbons (Fsp3) is 0.143. The summed E-state index contributed by atoms with van der Waals surface area (Å²) in [5.41, 5.74) is 6.13. The minimum absolute atomic E-state index is 0.208. The molecular formula is C14H14BrN3O2. The first-order valence-electron chi connectivity index (χ1n) is 6.02. The van der Waals surface area contributed by atoms with Gasteiger partial charge in [-0.15, -0.1) is 0 Å². The number of hydrogen-bond acceptors (Lipinski definition) is 2. The van der Waals surface area contributed by atoms with Crippen molar-refractivity contribution >= 4 is 27.7 Å². The van der Waals surface area contributed by atoms with Gasteiger partial charge in [-0.05, 0) is 40.2 Å². The maximum Gasteiger partial charge on any atom is 0.270 e. The van der Waals surface area contributed by atoms with Crippen LogP contribution >= 0.6 is 15.9 Å². The first-order chi connectivity index (χ1) is 9.58. The normalized spacial score (nSPS) is 10.1. The Labute approximate surface area is 125 Å². The minimum atomic E-state index is -0.363. The number of hydrogen-bond donors (Lipinski definition) is 2. The molecule has 0 aliphatic carbocycles. The summed E-state index contributed by atoms with van der Waals surface area (Å²) in [6.45, 7) is 0. The molecule has 0 aliphatic rings. The molecule has 2 aromatic rings. The van der Waals surface area contributed by atoms with Crippen LogP contribution in [0.3, 0.4) is 0 Å². The Balaban J connectivity index is 1.89. The first-order valence-corrected chi connectivity index (χ1v) is 6.81. The molecule has 104 valence electrons. The number of rotatable bonds is 3. The van der Waals surface area contributed by atoms with Crippen LogP contribution in [-0.2, 0) is 18.3 Å². The standard InChI is InChI=1S/C14H14BrN3O2/c1-18-8-4-5-10(18)9-13(19)16-17-14(20)11-6-2-3-7-12(11)15/h2-8H,9H2,1H3,(H,16,19)(H,17,20). The number of carbonyl (C=O) groups is 2. The van der Waals surface area contributed by atoms with Gasteiger partial charge >= 0.3 is 0 Å². The Morgan fingerprint density at radius 2 is 1.90 bits per heavy atom. The molecule has 2 N–H and O–H groups in total. The zero-order valence-corrected chi connectivity index (χ0v) is 12.5. The van der Waals surface area contributed by atoms with Crippen LogP contribution < -0.4 is 10.9 Å². The van der Waals surface area contributed by atoms with E-state index >= 15 is 0 Å². The molecule has 5 nitrogen and oxygen atoms in total. The van der Waals surface area contributed by atoms with Crippen molar-refractivity contribution in [3.63, 3.8) is 0 Å². The van der Waals surface area contributed by atoms with E-state index < -0.39 is 0 Å². The summed E-state index contributed by atoms with van der Waals surface area (Å²) >= 11 is 3.29. The van der Waals surface area contributed by atoms with Crippen molar-refractivity contribution in [2.45, 2.75) is 6.42 Å². The predicted molar refractivity (Wildman–Crippen MR) is 78.9 cm³/mol. The molecule has 1 aromatic heterocycles. The molecule has 0 saturated heterocycles. The van der Waals surface area contributed by atoms with E-state index in [9.17, 15) is 9.59 Å². The van der Waals surface area contributed by atoms with Crippen molar-refractivity contribution < 1.29 is 9.59 Å². The molecule has 1 heterocycles. The lowest BCUT2D eigenvalue weighted by Gasteiger charge is -2.09. The van der Waals surface area contributed by atoms with Gasteiger partial charge in [0.15, 0.2) is 0 Å². The molecule has 0 radical (unpaired) electrons. The van der Waals surface area contributed by atoms with Crippen molar-refractivity contribution in [1.29, 1.82) is 0 Å². The smallest absolute Gasteiger partial charge is 0.270 e. The second-order valence-electron chi connectivity index (χ2n) is 4.27. The molecule has 0 spiro atoms. The lowest BCUT2D eigenvalue weighted by Crippen LogP contribution is -2.42. The van der Waals surface area contributed by atoms with Gasteiger partial charge in [-0.1, -0.05) is 12.1 Å². The van der Waals surface area contributed by atoms with Crippen LogP contribution in [0.1, 0.15) is 16.1 Å². The predicted octanol–water partition coefficient (Wildman–Crippen LogP) is 1.79. The summed E-state index contributed by atoms with van der Waals surface area (Å²) in [5.74, 6) is -0.634. The van der Waals surface area contributed by atoms with Crippen molar-refractivity contribution in [3.8, 4) is 0 Å². The number of amides is 2. The van der Waals surface area contributed by atoms with Crippen molar-refractivity contribution in [2.75, 3.05) is 0 Å². The van der Waals surface area contributed by atoms with E-state index in [0.29, 0.717) is 10.0 Å². The lowest BCUT2D eigenvalue weighted by molar-refractivity contribution is -0.121. The third-order valence-corrected chi connectivity index (χ3v) is 3.52. The Kier molecular flexibility index (Phi) is 4.57. The van der Waals surface area contributed by atoms with Gasteiger partial charge in [-0.2, -0.15) is 0 Å². The third-order valence-electron chi connectivity index (χ3n) is 2.83. The van der Waals surface area contributed by atoms with Gasteiger partial charge in [0, 0.05) is 23.4 Å². The van der Waals surface area contributed by atoms with Crippen molar-refractivity contribution in [1.82, 2.24) is 15.4 Å². The average molecular weight is 336 g/mol. The van der Waals surface area contributed by atoms with Crippen LogP contribution in [0.4, 0.5) is 0 Å². The van der Waals surface area contributed by atoms with E-state index in [1.54, 1.807) is 18.2 Å². The Hall–Kier alpha value is -2.08. The largest absolute Gasteiger partial charge is 0.354 e. The van der Waals surface area contributed by atoms with Gasteiger partial charge < -0.3 is 4.57 Å². The highest BCUT2D eigenvalue weighted by Gasteiger charge is 2.11. The topological polar surface area (TPSA) is 63.1 Å². The fourth-order valence-corrected chi connectivity index (χ4v) is 2.19. The molecule has 1 aromatic carbocycles. The summed E-state index contributed by atoms with van der Waals surface area (Å²) in [5, 5.41) is 0. The summed E-state index contributed by atoms with van der Waals surface area (Å²) in [6.07, 6.45) is 2.07. The highest BCUT2D eigenvalue weighted by Crippen LogP contribution is 2.15. The quantitative estimate of drug-likeness (QED) is 0.840. The SMILES string of the molecule is Cn1cccc1CC(=O)NNC(=O)c1ccccc1Br. The maximum atomic E-state index is 11.9. The number of benzene rings is 1. The molecule has 2 rings (SSSR count). The highest BCUT2D eigenvalue weighted by molar-refractivity contribution is 9.10. The molecular weight excluding hydrogens is 322 g/mol. The highest BCUT2D eigenvalue weighted by atomic mass is 79.9. The number of nitrogens with one attached hydrogen (secondary N) is 2. The number of hydrazine groups is 1. The van der Waals surface area contributed by atoms with Gasteiger partial charge in [0.25, 0.3) is 5.91 Å². The van der Waals surface area contributed by atoms with Crippen LogP contribution in [0.2, 0.25) is 0 Å². The van der Waals surface area contributed by atoms with E-state index in [1.807, 2.05) is 36.0 Å². The maximum absolute atomic E-state index is 11.9. The van der Waals surface area contributed by atoms with E-state index in [4.69, 9.17) is 0 Å². The Bertz CT molecular complexity index is 637. The molecule has 0 bridgehead atoms. The van der Waals surface area contributed by atoms with Gasteiger partial charge in [-0.25, -0.2) is 0 Å². The van der Waals surface area contributed by atoms with E-state index in [0.717, 1.165) is 5.69 Å². The van der Waals surface area contributed by atoms with Crippen LogP contribution in [0.25, 0.3) is 0 Å². The van der Waals surface area contributed by atoms with Crippen molar-refractivity contribution in [3.05, 3.63) is 58.3 Å². The molecule has 0 aliphatic heterocycles. The lowest BCUT2D eigenvalue weighted by atomic mass is 10.2. The minimum Gasteiger partial charge on any atom is -0.354 e. The molecule has 20 heavy (non-hydrogen) atoms. The molecule has 0 atom stereocenters. The molecule has 0 fully saturated rings. The zero-order chi connectivity index (χ0) is 14.5. The van der Waals surface area contributed by atoms with Crippen molar-refractivity contribution in [2.24, 2.45) is 7.05 Å². The first kappa shape index (κ1) is 14.3. The van der Waals surface area contributed by atoms with Crippen LogP contribution in [0, 0.1) is 0 Å². The van der Waals surface area contributed by atoms with Crippen LogP contribution in [-0.4, -0.2) is 16.4 Å². The van der Waals surface area contributed by atoms with E-state index in [1.165, 1.54) is 0 Å². The second kappa shape index (κ2) is 6.38. The Morgan fingerprint density at radius 3 is 2.55 bits per heavy atom.